The van der Waals surface area contributed by atoms with Gasteiger partial charge in [0.25, 0.3) is 0 Å². The molecule has 0 spiro atoms. The minimum absolute atomic E-state index is 0.0810. The smallest absolute Gasteiger partial charge is 0.193 e. The summed E-state index contributed by atoms with van der Waals surface area (Å²) in [6.45, 7) is 1.90. The van der Waals surface area contributed by atoms with Crippen LogP contribution in [0.4, 0.5) is 0 Å². The predicted octanol–water partition coefficient (Wildman–Crippen LogP) is 3.79. The van der Waals surface area contributed by atoms with Crippen LogP contribution in [0, 0.1) is 6.92 Å². The second-order valence-electron chi connectivity index (χ2n) is 5.02. The van der Waals surface area contributed by atoms with Gasteiger partial charge in [-0.25, -0.2) is 0 Å². The van der Waals surface area contributed by atoms with Gasteiger partial charge in [-0.15, -0.1) is 0 Å². The third-order valence-corrected chi connectivity index (χ3v) is 3.65. The molecule has 0 saturated carbocycles. The number of benzene rings is 3. The van der Waals surface area contributed by atoms with E-state index in [-0.39, 0.29) is 17.3 Å². The quantitative estimate of drug-likeness (QED) is 0.701. The Balaban J connectivity index is 2.12. The number of rotatable bonds is 2. The maximum atomic E-state index is 12.6. The molecule has 3 rings (SSSR count). The summed E-state index contributed by atoms with van der Waals surface area (Å²) in [4.78, 5) is 12.6. The van der Waals surface area contributed by atoms with Gasteiger partial charge >= 0.3 is 0 Å². The number of ketones is 1. The van der Waals surface area contributed by atoms with Gasteiger partial charge in [0.2, 0.25) is 0 Å². The lowest BCUT2D eigenvalue weighted by atomic mass is 9.94. The summed E-state index contributed by atoms with van der Waals surface area (Å²) in [7, 11) is 0. The molecule has 3 aromatic carbocycles. The SMILES string of the molecule is Cc1c(C(=O)c2ccc(O)cc2)ccc2cc(O)ccc12. The number of phenolic OH excluding ortho intramolecular Hbond substituents is 2. The van der Waals surface area contributed by atoms with Crippen LogP contribution in [0.1, 0.15) is 21.5 Å². The fourth-order valence-corrected chi connectivity index (χ4v) is 2.49. The first kappa shape index (κ1) is 13.2. The number of fused-ring (bicyclic) bond motifs is 1. The predicted molar refractivity (Wildman–Crippen MR) is 81.9 cm³/mol. The molecule has 0 bridgehead atoms. The van der Waals surface area contributed by atoms with Gasteiger partial charge < -0.3 is 10.2 Å². The number of phenols is 2. The molecule has 104 valence electrons. The molecule has 3 nitrogen and oxygen atoms in total. The van der Waals surface area contributed by atoms with E-state index >= 15 is 0 Å². The first-order valence-electron chi connectivity index (χ1n) is 6.62. The molecule has 0 unspecified atom stereocenters. The highest BCUT2D eigenvalue weighted by Crippen LogP contribution is 2.27. The number of hydrogen-bond acceptors (Lipinski definition) is 3. The zero-order chi connectivity index (χ0) is 15.0. The second kappa shape index (κ2) is 4.94. The summed E-state index contributed by atoms with van der Waals surface area (Å²) in [5.41, 5.74) is 2.04. The molecule has 0 radical (unpaired) electrons. The van der Waals surface area contributed by atoms with E-state index in [4.69, 9.17) is 0 Å². The summed E-state index contributed by atoms with van der Waals surface area (Å²) < 4.78 is 0. The van der Waals surface area contributed by atoms with Gasteiger partial charge in [0, 0.05) is 11.1 Å². The van der Waals surface area contributed by atoms with Crippen molar-refractivity contribution >= 4 is 16.6 Å². The Kier molecular flexibility index (Phi) is 3.10. The first-order chi connectivity index (χ1) is 10.1. The van der Waals surface area contributed by atoms with E-state index in [2.05, 4.69) is 0 Å². The molecule has 0 aliphatic carbocycles. The highest BCUT2D eigenvalue weighted by atomic mass is 16.3. The summed E-state index contributed by atoms with van der Waals surface area (Å²) in [6, 6.07) is 14.9. The second-order valence-corrected chi connectivity index (χ2v) is 5.02. The molecule has 0 aliphatic heterocycles. The van der Waals surface area contributed by atoms with Gasteiger partial charge in [-0.05, 0) is 59.7 Å². The molecule has 21 heavy (non-hydrogen) atoms. The maximum absolute atomic E-state index is 12.6. The molecular formula is C18H14O3. The summed E-state index contributed by atoms with van der Waals surface area (Å²) in [5, 5.41) is 20.6. The van der Waals surface area contributed by atoms with E-state index in [1.165, 1.54) is 12.1 Å². The van der Waals surface area contributed by atoms with Crippen LogP contribution in [0.15, 0.2) is 54.6 Å². The van der Waals surface area contributed by atoms with Gasteiger partial charge in [-0.2, -0.15) is 0 Å². The van der Waals surface area contributed by atoms with Crippen LogP contribution < -0.4 is 0 Å². The average molecular weight is 278 g/mol. The molecule has 3 heteroatoms. The Labute approximate surface area is 122 Å². The van der Waals surface area contributed by atoms with Crippen molar-refractivity contribution in [1.29, 1.82) is 0 Å². The number of hydrogen-bond donors (Lipinski definition) is 2. The molecule has 3 aromatic rings. The molecule has 2 N–H and O–H groups in total. The van der Waals surface area contributed by atoms with Crippen LogP contribution in [0.2, 0.25) is 0 Å². The largest absolute Gasteiger partial charge is 0.508 e. The highest BCUT2D eigenvalue weighted by Gasteiger charge is 2.13. The van der Waals surface area contributed by atoms with Crippen LogP contribution in [0.5, 0.6) is 11.5 Å². The van der Waals surface area contributed by atoms with Gasteiger partial charge in [-0.3, -0.25) is 4.79 Å². The Morgan fingerprint density at radius 1 is 0.857 bits per heavy atom. The van der Waals surface area contributed by atoms with Crippen LogP contribution >= 0.6 is 0 Å². The molecule has 0 amide bonds. The van der Waals surface area contributed by atoms with E-state index in [9.17, 15) is 15.0 Å². The first-order valence-corrected chi connectivity index (χ1v) is 6.62. The van der Waals surface area contributed by atoms with E-state index in [0.29, 0.717) is 11.1 Å². The minimum atomic E-state index is -0.0810. The van der Waals surface area contributed by atoms with Crippen LogP contribution in [-0.4, -0.2) is 16.0 Å². The van der Waals surface area contributed by atoms with Crippen molar-refractivity contribution in [2.24, 2.45) is 0 Å². The van der Waals surface area contributed by atoms with Crippen molar-refractivity contribution < 1.29 is 15.0 Å². The van der Waals surface area contributed by atoms with Gasteiger partial charge in [-0.1, -0.05) is 18.2 Å². The zero-order valence-electron chi connectivity index (χ0n) is 11.5. The summed E-state index contributed by atoms with van der Waals surface area (Å²) >= 11 is 0. The Morgan fingerprint density at radius 2 is 1.52 bits per heavy atom. The van der Waals surface area contributed by atoms with Crippen molar-refractivity contribution in [2.75, 3.05) is 0 Å². The maximum Gasteiger partial charge on any atom is 0.193 e. The van der Waals surface area contributed by atoms with E-state index in [1.54, 1.807) is 30.3 Å². The fourth-order valence-electron chi connectivity index (χ4n) is 2.49. The summed E-state index contributed by atoms with van der Waals surface area (Å²) in [6.07, 6.45) is 0. The number of aryl methyl sites for hydroxylation is 1. The number of carbonyl (C=O) groups is 1. The monoisotopic (exact) mass is 278 g/mol. The zero-order valence-corrected chi connectivity index (χ0v) is 11.5. The lowest BCUT2D eigenvalue weighted by Gasteiger charge is -2.09. The van der Waals surface area contributed by atoms with Gasteiger partial charge in [0.1, 0.15) is 11.5 Å². The lowest BCUT2D eigenvalue weighted by Crippen LogP contribution is -2.03. The lowest BCUT2D eigenvalue weighted by molar-refractivity contribution is 0.103. The molecule has 0 fully saturated rings. The molecule has 0 saturated heterocycles. The third kappa shape index (κ3) is 2.34. The van der Waals surface area contributed by atoms with Crippen molar-refractivity contribution in [1.82, 2.24) is 0 Å². The Bertz CT molecular complexity index is 833. The van der Waals surface area contributed by atoms with Crippen molar-refractivity contribution in [3.63, 3.8) is 0 Å². The topological polar surface area (TPSA) is 57.5 Å². The van der Waals surface area contributed by atoms with Crippen molar-refractivity contribution in [2.45, 2.75) is 6.92 Å². The Hall–Kier alpha value is -2.81. The molecule has 0 heterocycles. The third-order valence-electron chi connectivity index (χ3n) is 3.65. The van der Waals surface area contributed by atoms with E-state index in [1.807, 2.05) is 19.1 Å². The highest BCUT2D eigenvalue weighted by molar-refractivity contribution is 6.12. The van der Waals surface area contributed by atoms with Crippen molar-refractivity contribution in [3.05, 3.63) is 71.3 Å². The molecular weight excluding hydrogens is 264 g/mol. The average Bonchev–Trinajstić information content (AvgIpc) is 2.47. The van der Waals surface area contributed by atoms with Crippen LogP contribution in [0.25, 0.3) is 10.8 Å². The van der Waals surface area contributed by atoms with Crippen molar-refractivity contribution in [3.8, 4) is 11.5 Å². The van der Waals surface area contributed by atoms with Gasteiger partial charge in [0.15, 0.2) is 5.78 Å². The minimum Gasteiger partial charge on any atom is -0.508 e. The van der Waals surface area contributed by atoms with E-state index in [0.717, 1.165) is 16.3 Å². The Morgan fingerprint density at radius 3 is 2.24 bits per heavy atom. The molecule has 0 atom stereocenters. The summed E-state index contributed by atoms with van der Waals surface area (Å²) in [5.74, 6) is 0.263. The number of aromatic hydroxyl groups is 2. The van der Waals surface area contributed by atoms with Gasteiger partial charge in [0.05, 0.1) is 0 Å². The fraction of sp³-hybridized carbons (Fsp3) is 0.0556. The normalized spacial score (nSPS) is 10.7. The number of carbonyl (C=O) groups excluding carboxylic acids is 1. The van der Waals surface area contributed by atoms with Crippen LogP contribution in [0.3, 0.4) is 0 Å². The standard InChI is InChI=1S/C18H14O3/c1-11-16-9-7-15(20)10-13(16)4-8-17(11)18(21)12-2-5-14(19)6-3-12/h2-10,19-20H,1H3. The van der Waals surface area contributed by atoms with Crippen LogP contribution in [-0.2, 0) is 0 Å². The van der Waals surface area contributed by atoms with E-state index < -0.39 is 0 Å². The molecule has 0 aliphatic rings. The molecule has 0 aromatic heterocycles.